The standard InChI is InChI=1S/C21H22F3NO3/c22-21(23,24)16-8-10-18(11-9-16)28-13-17(26)12-25-20(27)19(15-6-7-15)14-4-2-1-3-5-14/h1-5,8-11,15,17,19,26H,6-7,12-13H2,(H,25,27)/t17-,19-/m1/s1. The Morgan fingerprint density at radius 1 is 1.11 bits per heavy atom. The number of benzene rings is 2. The third-order valence-corrected chi connectivity index (χ3v) is 4.67. The molecule has 1 saturated carbocycles. The highest BCUT2D eigenvalue weighted by Gasteiger charge is 2.37. The number of nitrogens with one attached hydrogen (secondary N) is 1. The van der Waals surface area contributed by atoms with Crippen LogP contribution in [0.2, 0.25) is 0 Å². The van der Waals surface area contributed by atoms with E-state index in [-0.39, 0.29) is 30.7 Å². The molecule has 1 amide bonds. The lowest BCUT2D eigenvalue weighted by Gasteiger charge is -2.19. The van der Waals surface area contributed by atoms with Crippen molar-refractivity contribution in [2.75, 3.05) is 13.2 Å². The molecule has 0 unspecified atom stereocenters. The molecule has 0 radical (unpaired) electrons. The molecule has 1 aliphatic carbocycles. The number of alkyl halides is 3. The number of hydrogen-bond acceptors (Lipinski definition) is 3. The van der Waals surface area contributed by atoms with E-state index in [0.29, 0.717) is 5.92 Å². The maximum atomic E-state index is 12.6. The van der Waals surface area contributed by atoms with Gasteiger partial charge in [0.2, 0.25) is 5.91 Å². The molecule has 1 fully saturated rings. The smallest absolute Gasteiger partial charge is 0.416 e. The van der Waals surface area contributed by atoms with Crippen molar-refractivity contribution in [3.05, 3.63) is 65.7 Å². The van der Waals surface area contributed by atoms with E-state index < -0.39 is 17.8 Å². The topological polar surface area (TPSA) is 58.6 Å². The fourth-order valence-corrected chi connectivity index (χ4v) is 3.05. The molecule has 28 heavy (non-hydrogen) atoms. The molecule has 150 valence electrons. The molecule has 2 atom stereocenters. The monoisotopic (exact) mass is 393 g/mol. The van der Waals surface area contributed by atoms with Crippen LogP contribution in [-0.4, -0.2) is 30.3 Å². The summed E-state index contributed by atoms with van der Waals surface area (Å²) in [7, 11) is 0. The van der Waals surface area contributed by atoms with E-state index in [1.807, 2.05) is 30.3 Å². The Kier molecular flexibility index (Phi) is 6.24. The van der Waals surface area contributed by atoms with E-state index in [1.165, 1.54) is 12.1 Å². The minimum atomic E-state index is -4.40. The Morgan fingerprint density at radius 2 is 1.75 bits per heavy atom. The van der Waals surface area contributed by atoms with Crippen LogP contribution in [0.3, 0.4) is 0 Å². The Morgan fingerprint density at radius 3 is 2.32 bits per heavy atom. The van der Waals surface area contributed by atoms with Gasteiger partial charge in [0, 0.05) is 6.54 Å². The van der Waals surface area contributed by atoms with Crippen molar-refractivity contribution < 1.29 is 27.8 Å². The molecule has 7 heteroatoms. The van der Waals surface area contributed by atoms with E-state index in [1.54, 1.807) is 0 Å². The fourth-order valence-electron chi connectivity index (χ4n) is 3.05. The molecule has 4 nitrogen and oxygen atoms in total. The van der Waals surface area contributed by atoms with Crippen LogP contribution in [0.1, 0.15) is 29.9 Å². The van der Waals surface area contributed by atoms with Crippen molar-refractivity contribution in [1.82, 2.24) is 5.32 Å². The molecule has 3 rings (SSSR count). The first-order valence-corrected chi connectivity index (χ1v) is 9.15. The van der Waals surface area contributed by atoms with Crippen molar-refractivity contribution in [2.24, 2.45) is 5.92 Å². The summed E-state index contributed by atoms with van der Waals surface area (Å²) in [4.78, 5) is 12.6. The Labute approximate surface area is 161 Å². The third-order valence-electron chi connectivity index (χ3n) is 4.67. The number of halogens is 3. The van der Waals surface area contributed by atoms with E-state index in [2.05, 4.69) is 5.32 Å². The predicted octanol–water partition coefficient (Wildman–Crippen LogP) is 3.76. The summed E-state index contributed by atoms with van der Waals surface area (Å²) in [6.07, 6.45) is -3.36. The number of aliphatic hydroxyl groups excluding tert-OH is 1. The van der Waals surface area contributed by atoms with Crippen LogP contribution in [-0.2, 0) is 11.0 Å². The van der Waals surface area contributed by atoms with Gasteiger partial charge in [-0.05, 0) is 48.6 Å². The van der Waals surface area contributed by atoms with Crippen molar-refractivity contribution >= 4 is 5.91 Å². The number of hydrogen-bond donors (Lipinski definition) is 2. The summed E-state index contributed by atoms with van der Waals surface area (Å²) >= 11 is 0. The minimum absolute atomic E-state index is 0.00945. The number of amides is 1. The summed E-state index contributed by atoms with van der Waals surface area (Å²) in [6, 6.07) is 13.8. The molecular weight excluding hydrogens is 371 g/mol. The second-order valence-electron chi connectivity index (χ2n) is 6.96. The summed E-state index contributed by atoms with van der Waals surface area (Å²) in [5.41, 5.74) is 0.192. The van der Waals surface area contributed by atoms with Gasteiger partial charge in [-0.15, -0.1) is 0 Å². The van der Waals surface area contributed by atoms with E-state index in [0.717, 1.165) is 30.5 Å². The van der Waals surface area contributed by atoms with Crippen LogP contribution in [0.15, 0.2) is 54.6 Å². The van der Waals surface area contributed by atoms with E-state index in [9.17, 15) is 23.1 Å². The summed E-state index contributed by atoms with van der Waals surface area (Å²) in [5.74, 6) is 0.174. The minimum Gasteiger partial charge on any atom is -0.491 e. The predicted molar refractivity (Wildman–Crippen MR) is 97.9 cm³/mol. The maximum absolute atomic E-state index is 12.6. The van der Waals surface area contributed by atoms with Gasteiger partial charge < -0.3 is 15.2 Å². The zero-order valence-corrected chi connectivity index (χ0v) is 15.2. The quantitative estimate of drug-likeness (QED) is 0.718. The normalized spacial score (nSPS) is 16.3. The summed E-state index contributed by atoms with van der Waals surface area (Å²) < 4.78 is 42.9. The van der Waals surface area contributed by atoms with Crippen LogP contribution in [0.4, 0.5) is 13.2 Å². The molecule has 0 heterocycles. The lowest BCUT2D eigenvalue weighted by molar-refractivity contribution is -0.137. The zero-order chi connectivity index (χ0) is 20.1. The van der Waals surface area contributed by atoms with Crippen LogP contribution in [0.25, 0.3) is 0 Å². The molecule has 2 aromatic carbocycles. The molecule has 0 aliphatic heterocycles. The summed E-state index contributed by atoms with van der Waals surface area (Å²) in [5, 5.41) is 12.8. The third kappa shape index (κ3) is 5.48. The second kappa shape index (κ2) is 8.65. The molecule has 2 N–H and O–H groups in total. The van der Waals surface area contributed by atoms with Crippen LogP contribution >= 0.6 is 0 Å². The van der Waals surface area contributed by atoms with E-state index >= 15 is 0 Å². The first kappa shape index (κ1) is 20.2. The largest absolute Gasteiger partial charge is 0.491 e. The number of carbonyl (C=O) groups excluding carboxylic acids is 1. The number of rotatable bonds is 8. The van der Waals surface area contributed by atoms with E-state index in [4.69, 9.17) is 4.74 Å². The average Bonchev–Trinajstić information content (AvgIpc) is 3.50. The lowest BCUT2D eigenvalue weighted by atomic mass is 9.93. The molecule has 1 aliphatic rings. The zero-order valence-electron chi connectivity index (χ0n) is 15.2. The number of carbonyl (C=O) groups is 1. The highest BCUT2D eigenvalue weighted by Crippen LogP contribution is 2.42. The average molecular weight is 393 g/mol. The van der Waals surface area contributed by atoms with Gasteiger partial charge in [0.1, 0.15) is 18.5 Å². The van der Waals surface area contributed by atoms with Crippen LogP contribution < -0.4 is 10.1 Å². The molecule has 2 aromatic rings. The molecule has 0 saturated heterocycles. The first-order chi connectivity index (χ1) is 13.3. The second-order valence-corrected chi connectivity index (χ2v) is 6.96. The number of ether oxygens (including phenoxy) is 1. The lowest BCUT2D eigenvalue weighted by Crippen LogP contribution is -2.38. The van der Waals surface area contributed by atoms with Gasteiger partial charge >= 0.3 is 6.18 Å². The van der Waals surface area contributed by atoms with Gasteiger partial charge in [-0.1, -0.05) is 30.3 Å². The fraction of sp³-hybridized carbons (Fsp3) is 0.381. The Hall–Kier alpha value is -2.54. The van der Waals surface area contributed by atoms with Gasteiger partial charge in [0.05, 0.1) is 11.5 Å². The molecule has 0 aromatic heterocycles. The van der Waals surface area contributed by atoms with Gasteiger partial charge in [0.15, 0.2) is 0 Å². The van der Waals surface area contributed by atoms with Crippen molar-refractivity contribution in [2.45, 2.75) is 31.0 Å². The first-order valence-electron chi connectivity index (χ1n) is 9.15. The van der Waals surface area contributed by atoms with Gasteiger partial charge in [-0.2, -0.15) is 13.2 Å². The highest BCUT2D eigenvalue weighted by molar-refractivity contribution is 5.84. The SMILES string of the molecule is O=C(NC[C@@H](O)COc1ccc(C(F)(F)F)cc1)[C@H](c1ccccc1)C1CC1. The van der Waals surface area contributed by atoms with Gasteiger partial charge in [-0.25, -0.2) is 0 Å². The molecule has 0 bridgehead atoms. The van der Waals surface area contributed by atoms with Crippen molar-refractivity contribution in [3.63, 3.8) is 0 Å². The Bertz CT molecular complexity index is 774. The van der Waals surface area contributed by atoms with Crippen LogP contribution in [0.5, 0.6) is 5.75 Å². The van der Waals surface area contributed by atoms with Crippen LogP contribution in [0, 0.1) is 5.92 Å². The molecule has 0 spiro atoms. The number of aliphatic hydroxyl groups is 1. The Balaban J connectivity index is 1.47. The van der Waals surface area contributed by atoms with Crippen molar-refractivity contribution in [3.8, 4) is 5.75 Å². The maximum Gasteiger partial charge on any atom is 0.416 e. The summed E-state index contributed by atoms with van der Waals surface area (Å²) in [6.45, 7) is -0.124. The molecular formula is C21H22F3NO3. The van der Waals surface area contributed by atoms with Gasteiger partial charge in [0.25, 0.3) is 0 Å². The highest BCUT2D eigenvalue weighted by atomic mass is 19.4. The van der Waals surface area contributed by atoms with Gasteiger partial charge in [-0.3, -0.25) is 4.79 Å². The van der Waals surface area contributed by atoms with Crippen molar-refractivity contribution in [1.29, 1.82) is 0 Å².